The van der Waals surface area contributed by atoms with Gasteiger partial charge in [-0.3, -0.25) is 4.79 Å². The number of rotatable bonds is 4. The molecule has 0 saturated heterocycles. The summed E-state index contributed by atoms with van der Waals surface area (Å²) in [6.07, 6.45) is 0.318. The zero-order valence-electron chi connectivity index (χ0n) is 11.7. The summed E-state index contributed by atoms with van der Waals surface area (Å²) in [7, 11) is 1.45. The van der Waals surface area contributed by atoms with E-state index < -0.39 is 17.9 Å². The molecule has 1 atom stereocenters. The first-order chi connectivity index (χ1) is 9.95. The van der Waals surface area contributed by atoms with Gasteiger partial charge in [-0.15, -0.1) is 0 Å². The van der Waals surface area contributed by atoms with Gasteiger partial charge in [0.05, 0.1) is 10.5 Å². The summed E-state index contributed by atoms with van der Waals surface area (Å²) in [5, 5.41) is 10.3. The Kier molecular flexibility index (Phi) is 4.43. The molecule has 0 saturated carbocycles. The van der Waals surface area contributed by atoms with Crippen molar-refractivity contribution in [2.24, 2.45) is 0 Å². The Labute approximate surface area is 127 Å². The van der Waals surface area contributed by atoms with E-state index in [2.05, 4.69) is 4.98 Å². The number of aliphatic carboxylic acids is 1. The number of fused-ring (bicyclic) bond motifs is 1. The molecule has 110 valence electrons. The van der Waals surface area contributed by atoms with Gasteiger partial charge in [-0.1, -0.05) is 36.7 Å². The zero-order chi connectivity index (χ0) is 15.6. The minimum Gasteiger partial charge on any atom is -0.480 e. The van der Waals surface area contributed by atoms with E-state index in [1.807, 2.05) is 12.1 Å². The molecule has 1 N–H and O–H groups in total. The predicted molar refractivity (Wildman–Crippen MR) is 80.6 cm³/mol. The number of benzene rings is 1. The summed E-state index contributed by atoms with van der Waals surface area (Å²) >= 11 is 6.16. The number of likely N-dealkylation sites (N-methyl/N-ethyl adjacent to an activating group) is 1. The summed E-state index contributed by atoms with van der Waals surface area (Å²) in [5.74, 6) is -1.50. The minimum atomic E-state index is -1.04. The van der Waals surface area contributed by atoms with Gasteiger partial charge in [0, 0.05) is 12.4 Å². The molecule has 0 fully saturated rings. The Morgan fingerprint density at radius 3 is 2.67 bits per heavy atom. The second kappa shape index (κ2) is 6.10. The average Bonchev–Trinajstić information content (AvgIpc) is 2.46. The van der Waals surface area contributed by atoms with Crippen LogP contribution >= 0.6 is 11.6 Å². The van der Waals surface area contributed by atoms with E-state index in [1.54, 1.807) is 19.1 Å². The van der Waals surface area contributed by atoms with Crippen molar-refractivity contribution in [1.82, 2.24) is 9.88 Å². The Morgan fingerprint density at radius 1 is 1.38 bits per heavy atom. The number of carbonyl (C=O) groups is 2. The second-order valence-electron chi connectivity index (χ2n) is 4.68. The monoisotopic (exact) mass is 306 g/mol. The largest absolute Gasteiger partial charge is 0.480 e. The Hall–Kier alpha value is -2.14. The number of carbonyl (C=O) groups excluding carboxylic acids is 1. The molecule has 5 nitrogen and oxygen atoms in total. The second-order valence-corrected chi connectivity index (χ2v) is 5.09. The zero-order valence-corrected chi connectivity index (χ0v) is 12.5. The molecule has 2 aromatic rings. The summed E-state index contributed by atoms with van der Waals surface area (Å²) in [6.45, 7) is 1.71. The lowest BCUT2D eigenvalue weighted by atomic mass is 10.1. The van der Waals surface area contributed by atoms with E-state index in [-0.39, 0.29) is 5.69 Å². The molecule has 0 radical (unpaired) electrons. The van der Waals surface area contributed by atoms with Crippen LogP contribution in [0.5, 0.6) is 0 Å². The molecule has 0 spiro atoms. The highest BCUT2D eigenvalue weighted by Gasteiger charge is 2.26. The fourth-order valence-corrected chi connectivity index (χ4v) is 2.44. The molecule has 21 heavy (non-hydrogen) atoms. The summed E-state index contributed by atoms with van der Waals surface area (Å²) < 4.78 is 0. The Morgan fingerprint density at radius 2 is 2.05 bits per heavy atom. The van der Waals surface area contributed by atoms with Gasteiger partial charge in [0.25, 0.3) is 5.91 Å². The first-order valence-electron chi connectivity index (χ1n) is 6.51. The van der Waals surface area contributed by atoms with E-state index >= 15 is 0 Å². The molecule has 2 rings (SSSR count). The number of hydrogen-bond acceptors (Lipinski definition) is 3. The molecule has 0 aliphatic carbocycles. The maximum atomic E-state index is 12.4. The summed E-state index contributed by atoms with van der Waals surface area (Å²) in [6, 6.07) is 7.79. The number of para-hydroxylation sites is 1. The average molecular weight is 307 g/mol. The smallest absolute Gasteiger partial charge is 0.326 e. The van der Waals surface area contributed by atoms with Crippen LogP contribution in [0.15, 0.2) is 30.3 Å². The molecule has 0 bridgehead atoms. The van der Waals surface area contributed by atoms with Crippen molar-refractivity contribution in [3.8, 4) is 0 Å². The van der Waals surface area contributed by atoms with Gasteiger partial charge >= 0.3 is 5.97 Å². The van der Waals surface area contributed by atoms with Crippen LogP contribution in [0.25, 0.3) is 10.9 Å². The van der Waals surface area contributed by atoms with E-state index in [0.717, 1.165) is 5.39 Å². The summed E-state index contributed by atoms with van der Waals surface area (Å²) in [4.78, 5) is 29.0. The van der Waals surface area contributed by atoms with Crippen molar-refractivity contribution < 1.29 is 14.7 Å². The minimum absolute atomic E-state index is 0.140. The molecular formula is C15H15ClN2O3. The maximum absolute atomic E-state index is 12.4. The number of carboxylic acid groups (broad SMARTS) is 1. The topological polar surface area (TPSA) is 70.5 Å². The van der Waals surface area contributed by atoms with Crippen LogP contribution < -0.4 is 0 Å². The molecule has 1 aromatic heterocycles. The SMILES string of the molecule is CCC(C(=O)O)N(C)C(=O)c1cc(Cl)c2ccccc2n1. The van der Waals surface area contributed by atoms with Gasteiger partial charge in [0.15, 0.2) is 0 Å². The Balaban J connectivity index is 2.41. The van der Waals surface area contributed by atoms with Gasteiger partial charge in [-0.2, -0.15) is 0 Å². The van der Waals surface area contributed by atoms with Crippen molar-refractivity contribution in [3.05, 3.63) is 41.0 Å². The third-order valence-corrected chi connectivity index (χ3v) is 3.66. The number of pyridine rings is 1. The predicted octanol–water partition coefficient (Wildman–Crippen LogP) is 2.82. The lowest BCUT2D eigenvalue weighted by Crippen LogP contribution is -2.42. The van der Waals surface area contributed by atoms with E-state index in [0.29, 0.717) is 17.0 Å². The van der Waals surface area contributed by atoms with Crippen molar-refractivity contribution in [2.45, 2.75) is 19.4 Å². The maximum Gasteiger partial charge on any atom is 0.326 e. The van der Waals surface area contributed by atoms with Crippen LogP contribution in [0.4, 0.5) is 0 Å². The molecule has 1 heterocycles. The van der Waals surface area contributed by atoms with Crippen LogP contribution in [0.1, 0.15) is 23.8 Å². The van der Waals surface area contributed by atoms with Gasteiger partial charge in [0.2, 0.25) is 0 Å². The van der Waals surface area contributed by atoms with Crippen molar-refractivity contribution in [1.29, 1.82) is 0 Å². The third kappa shape index (κ3) is 2.97. The van der Waals surface area contributed by atoms with Crippen molar-refractivity contribution in [3.63, 3.8) is 0 Å². The fraction of sp³-hybridized carbons (Fsp3) is 0.267. The number of nitrogens with zero attached hydrogens (tertiary/aromatic N) is 2. The number of carboxylic acids is 1. The van der Waals surface area contributed by atoms with Crippen molar-refractivity contribution >= 4 is 34.4 Å². The van der Waals surface area contributed by atoms with Crippen LogP contribution in [0.2, 0.25) is 5.02 Å². The highest BCUT2D eigenvalue weighted by molar-refractivity contribution is 6.35. The lowest BCUT2D eigenvalue weighted by Gasteiger charge is -2.23. The van der Waals surface area contributed by atoms with E-state index in [4.69, 9.17) is 16.7 Å². The van der Waals surface area contributed by atoms with Gasteiger partial charge < -0.3 is 10.0 Å². The number of amides is 1. The summed E-state index contributed by atoms with van der Waals surface area (Å²) in [5.41, 5.74) is 0.742. The lowest BCUT2D eigenvalue weighted by molar-refractivity contribution is -0.142. The van der Waals surface area contributed by atoms with Gasteiger partial charge in [0.1, 0.15) is 11.7 Å². The molecular weight excluding hydrogens is 292 g/mol. The highest BCUT2D eigenvalue weighted by atomic mass is 35.5. The van der Waals surface area contributed by atoms with Gasteiger partial charge in [-0.05, 0) is 18.6 Å². The number of aromatic nitrogens is 1. The van der Waals surface area contributed by atoms with Crippen LogP contribution in [-0.4, -0.2) is 40.0 Å². The number of halogens is 1. The van der Waals surface area contributed by atoms with E-state index in [9.17, 15) is 9.59 Å². The molecule has 6 heteroatoms. The molecule has 1 amide bonds. The quantitative estimate of drug-likeness (QED) is 0.943. The van der Waals surface area contributed by atoms with Crippen LogP contribution in [-0.2, 0) is 4.79 Å². The standard InChI is InChI=1S/C15H15ClN2O3/c1-3-13(15(20)21)18(2)14(19)12-8-10(16)9-6-4-5-7-11(9)17-12/h4-8,13H,3H2,1-2H3,(H,20,21). The number of hydrogen-bond donors (Lipinski definition) is 1. The third-order valence-electron chi connectivity index (χ3n) is 3.34. The van der Waals surface area contributed by atoms with Crippen LogP contribution in [0, 0.1) is 0 Å². The normalized spacial score (nSPS) is 12.1. The first-order valence-corrected chi connectivity index (χ1v) is 6.88. The Bertz CT molecular complexity index is 702. The molecule has 1 aromatic carbocycles. The molecule has 0 aliphatic heterocycles. The molecule has 0 aliphatic rings. The van der Waals surface area contributed by atoms with Gasteiger partial charge in [-0.25, -0.2) is 9.78 Å². The first kappa shape index (κ1) is 15.3. The van der Waals surface area contributed by atoms with E-state index in [1.165, 1.54) is 18.0 Å². The fourth-order valence-electron chi connectivity index (χ4n) is 2.18. The van der Waals surface area contributed by atoms with Crippen molar-refractivity contribution in [2.75, 3.05) is 7.05 Å². The molecule has 1 unspecified atom stereocenters. The highest BCUT2D eigenvalue weighted by Crippen LogP contribution is 2.23. The van der Waals surface area contributed by atoms with Crippen LogP contribution in [0.3, 0.4) is 0 Å².